The number of aliphatic hydroxyl groups excluding tert-OH is 1. The van der Waals surface area contributed by atoms with Crippen LogP contribution in [0.3, 0.4) is 0 Å². The molecule has 2 aromatic rings. The van der Waals surface area contributed by atoms with E-state index in [1.807, 2.05) is 31.2 Å². The van der Waals surface area contributed by atoms with Crippen molar-refractivity contribution >= 4 is 16.7 Å². The van der Waals surface area contributed by atoms with Crippen LogP contribution in [-0.4, -0.2) is 41.9 Å². The highest BCUT2D eigenvalue weighted by Crippen LogP contribution is 2.25. The monoisotopic (exact) mass is 287 g/mol. The number of benzene rings is 1. The minimum Gasteiger partial charge on any atom is -0.494 e. The summed E-state index contributed by atoms with van der Waals surface area (Å²) in [5.41, 5.74) is 2.07. The molecule has 0 spiro atoms. The van der Waals surface area contributed by atoms with Gasteiger partial charge in [0.2, 0.25) is 0 Å². The standard InChI is InChI=1S/C16H21N3O2/c1-3-21-11-4-5-13-12(7-11)10(2)6-16(18-13)19-14-8-17-9-15(14)20/h4-7,14-15,17,20H,3,8-9H2,1-2H3,(H,18,19)/t14-,15-/m1/s1. The number of β-amino-alcohol motifs (C(OH)–C–C–N with tert-alkyl or cyclic N) is 1. The van der Waals surface area contributed by atoms with Crippen molar-refractivity contribution in [3.8, 4) is 5.75 Å². The molecule has 0 unspecified atom stereocenters. The highest BCUT2D eigenvalue weighted by Gasteiger charge is 2.24. The molecule has 21 heavy (non-hydrogen) atoms. The van der Waals surface area contributed by atoms with Crippen LogP contribution in [0.5, 0.6) is 5.75 Å². The molecule has 2 atom stereocenters. The Morgan fingerprint density at radius 1 is 1.38 bits per heavy atom. The minimum atomic E-state index is -0.372. The number of pyridine rings is 1. The van der Waals surface area contributed by atoms with E-state index in [1.54, 1.807) is 0 Å². The Morgan fingerprint density at radius 3 is 2.95 bits per heavy atom. The summed E-state index contributed by atoms with van der Waals surface area (Å²) >= 11 is 0. The summed E-state index contributed by atoms with van der Waals surface area (Å²) in [6.07, 6.45) is -0.372. The molecule has 5 nitrogen and oxygen atoms in total. The summed E-state index contributed by atoms with van der Waals surface area (Å²) < 4.78 is 5.54. The number of nitrogens with one attached hydrogen (secondary N) is 2. The molecule has 1 saturated heterocycles. The highest BCUT2D eigenvalue weighted by atomic mass is 16.5. The highest BCUT2D eigenvalue weighted by molar-refractivity contribution is 5.85. The van der Waals surface area contributed by atoms with Gasteiger partial charge in [-0.2, -0.15) is 0 Å². The fourth-order valence-electron chi connectivity index (χ4n) is 2.71. The van der Waals surface area contributed by atoms with Gasteiger partial charge >= 0.3 is 0 Å². The summed E-state index contributed by atoms with van der Waals surface area (Å²) in [6.45, 7) is 6.08. The Labute approximate surface area is 124 Å². The SMILES string of the molecule is CCOc1ccc2nc(N[C@@H]3CNC[C@H]3O)cc(C)c2c1. The van der Waals surface area contributed by atoms with Crippen molar-refractivity contribution in [2.45, 2.75) is 26.0 Å². The number of hydrogen-bond acceptors (Lipinski definition) is 5. The molecular weight excluding hydrogens is 266 g/mol. The Balaban J connectivity index is 1.90. The van der Waals surface area contributed by atoms with Crippen LogP contribution in [0.4, 0.5) is 5.82 Å². The molecule has 0 saturated carbocycles. The molecule has 112 valence electrons. The Bertz CT molecular complexity index is 645. The largest absolute Gasteiger partial charge is 0.494 e. The van der Waals surface area contributed by atoms with E-state index in [-0.39, 0.29) is 12.1 Å². The van der Waals surface area contributed by atoms with Crippen LogP contribution in [0.1, 0.15) is 12.5 Å². The van der Waals surface area contributed by atoms with Crippen LogP contribution < -0.4 is 15.4 Å². The van der Waals surface area contributed by atoms with E-state index in [9.17, 15) is 5.11 Å². The van der Waals surface area contributed by atoms with E-state index in [4.69, 9.17) is 4.74 Å². The van der Waals surface area contributed by atoms with Gasteiger partial charge in [0.1, 0.15) is 11.6 Å². The average molecular weight is 287 g/mol. The van der Waals surface area contributed by atoms with Gasteiger partial charge in [-0.1, -0.05) is 0 Å². The first-order valence-corrected chi connectivity index (χ1v) is 7.37. The normalized spacial score (nSPS) is 21.7. The van der Waals surface area contributed by atoms with Crippen molar-refractivity contribution in [1.82, 2.24) is 10.3 Å². The van der Waals surface area contributed by atoms with Crippen LogP contribution in [-0.2, 0) is 0 Å². The minimum absolute atomic E-state index is 0.0112. The number of ether oxygens (including phenoxy) is 1. The Hall–Kier alpha value is -1.85. The molecule has 1 aliphatic rings. The van der Waals surface area contributed by atoms with Crippen LogP contribution in [0.2, 0.25) is 0 Å². The fourth-order valence-corrected chi connectivity index (χ4v) is 2.71. The van der Waals surface area contributed by atoms with Crippen LogP contribution >= 0.6 is 0 Å². The molecule has 3 rings (SSSR count). The van der Waals surface area contributed by atoms with Gasteiger partial charge in [-0.15, -0.1) is 0 Å². The predicted octanol–water partition coefficient (Wildman–Crippen LogP) is 1.69. The molecule has 1 fully saturated rings. The number of aromatic nitrogens is 1. The first kappa shape index (κ1) is 14.1. The third-order valence-corrected chi connectivity index (χ3v) is 3.81. The number of fused-ring (bicyclic) bond motifs is 1. The van der Waals surface area contributed by atoms with Gasteiger partial charge in [-0.3, -0.25) is 0 Å². The number of anilines is 1. The number of hydrogen-bond donors (Lipinski definition) is 3. The number of aliphatic hydroxyl groups is 1. The van der Waals surface area contributed by atoms with Gasteiger partial charge < -0.3 is 20.5 Å². The van der Waals surface area contributed by atoms with E-state index < -0.39 is 0 Å². The summed E-state index contributed by atoms with van der Waals surface area (Å²) in [5.74, 6) is 1.67. The summed E-state index contributed by atoms with van der Waals surface area (Å²) in [5, 5.41) is 17.4. The van der Waals surface area contributed by atoms with Crippen LogP contribution in [0.15, 0.2) is 24.3 Å². The summed E-state index contributed by atoms with van der Waals surface area (Å²) in [4.78, 5) is 4.63. The van der Waals surface area contributed by atoms with Gasteiger partial charge in [0, 0.05) is 18.5 Å². The second-order valence-electron chi connectivity index (χ2n) is 5.41. The second-order valence-corrected chi connectivity index (χ2v) is 5.41. The van der Waals surface area contributed by atoms with Crippen LogP contribution in [0.25, 0.3) is 10.9 Å². The predicted molar refractivity (Wildman–Crippen MR) is 83.9 cm³/mol. The van der Waals surface area contributed by atoms with Crippen molar-refractivity contribution in [2.24, 2.45) is 0 Å². The molecule has 3 N–H and O–H groups in total. The number of rotatable bonds is 4. The van der Waals surface area contributed by atoms with Crippen molar-refractivity contribution < 1.29 is 9.84 Å². The molecule has 2 heterocycles. The topological polar surface area (TPSA) is 66.4 Å². The lowest BCUT2D eigenvalue weighted by atomic mass is 10.1. The zero-order valence-corrected chi connectivity index (χ0v) is 12.4. The summed E-state index contributed by atoms with van der Waals surface area (Å²) in [6, 6.07) is 7.97. The van der Waals surface area contributed by atoms with Crippen LogP contribution in [0, 0.1) is 6.92 Å². The smallest absolute Gasteiger partial charge is 0.127 e. The van der Waals surface area contributed by atoms with Crippen molar-refractivity contribution in [3.05, 3.63) is 29.8 Å². The zero-order valence-electron chi connectivity index (χ0n) is 12.4. The first-order valence-electron chi connectivity index (χ1n) is 7.37. The first-order chi connectivity index (χ1) is 10.2. The molecule has 0 bridgehead atoms. The van der Waals surface area contributed by atoms with Gasteiger partial charge in [0.05, 0.1) is 24.3 Å². The van der Waals surface area contributed by atoms with Gasteiger partial charge in [-0.25, -0.2) is 4.98 Å². The molecule has 0 aliphatic carbocycles. The molecule has 1 aliphatic heterocycles. The Morgan fingerprint density at radius 2 is 2.24 bits per heavy atom. The third kappa shape index (κ3) is 2.94. The Kier molecular flexibility index (Phi) is 3.94. The quantitative estimate of drug-likeness (QED) is 0.798. The van der Waals surface area contributed by atoms with Gasteiger partial charge in [-0.05, 0) is 43.7 Å². The lowest BCUT2D eigenvalue weighted by Crippen LogP contribution is -2.32. The lowest BCUT2D eigenvalue weighted by Gasteiger charge is -2.17. The van der Waals surface area contributed by atoms with E-state index in [0.717, 1.165) is 34.6 Å². The van der Waals surface area contributed by atoms with E-state index in [2.05, 4.69) is 22.5 Å². The van der Waals surface area contributed by atoms with E-state index in [0.29, 0.717) is 13.2 Å². The van der Waals surface area contributed by atoms with Crippen molar-refractivity contribution in [3.63, 3.8) is 0 Å². The number of aryl methyl sites for hydroxylation is 1. The van der Waals surface area contributed by atoms with E-state index in [1.165, 1.54) is 0 Å². The lowest BCUT2D eigenvalue weighted by molar-refractivity contribution is 0.185. The average Bonchev–Trinajstić information content (AvgIpc) is 2.85. The van der Waals surface area contributed by atoms with Gasteiger partial charge in [0.15, 0.2) is 0 Å². The van der Waals surface area contributed by atoms with Gasteiger partial charge in [0.25, 0.3) is 0 Å². The molecule has 1 aromatic heterocycles. The van der Waals surface area contributed by atoms with E-state index >= 15 is 0 Å². The molecular formula is C16H21N3O2. The van der Waals surface area contributed by atoms with Crippen molar-refractivity contribution in [1.29, 1.82) is 0 Å². The summed E-state index contributed by atoms with van der Waals surface area (Å²) in [7, 11) is 0. The maximum atomic E-state index is 9.86. The second kappa shape index (κ2) is 5.87. The maximum absolute atomic E-state index is 9.86. The molecule has 1 aromatic carbocycles. The molecule has 0 radical (unpaired) electrons. The fraction of sp³-hybridized carbons (Fsp3) is 0.438. The molecule has 0 amide bonds. The zero-order chi connectivity index (χ0) is 14.8. The third-order valence-electron chi connectivity index (χ3n) is 3.81. The number of nitrogens with zero attached hydrogens (tertiary/aromatic N) is 1. The van der Waals surface area contributed by atoms with Crippen molar-refractivity contribution in [2.75, 3.05) is 25.0 Å². The molecule has 5 heteroatoms. The maximum Gasteiger partial charge on any atom is 0.127 e.